The van der Waals surface area contributed by atoms with Gasteiger partial charge in [0.05, 0.1) is 35.6 Å². The van der Waals surface area contributed by atoms with Gasteiger partial charge in [0, 0.05) is 7.05 Å². The van der Waals surface area contributed by atoms with E-state index < -0.39 is 17.9 Å². The average molecular weight is 498 g/mol. The van der Waals surface area contributed by atoms with Crippen molar-refractivity contribution in [3.05, 3.63) is 59.2 Å². The zero-order chi connectivity index (χ0) is 25.7. The van der Waals surface area contributed by atoms with Gasteiger partial charge in [0.15, 0.2) is 0 Å². The average Bonchev–Trinajstić information content (AvgIpc) is 3.23. The van der Waals surface area contributed by atoms with Gasteiger partial charge in [-0.2, -0.15) is 0 Å². The third-order valence-corrected chi connectivity index (χ3v) is 6.15. The Hall–Kier alpha value is -4.02. The molecule has 1 amide bonds. The normalized spacial score (nSPS) is 17.4. The summed E-state index contributed by atoms with van der Waals surface area (Å²) in [5.41, 5.74) is 2.87. The van der Waals surface area contributed by atoms with Gasteiger partial charge >= 0.3 is 12.1 Å². The van der Waals surface area contributed by atoms with Crippen LogP contribution in [0.4, 0.5) is 9.18 Å². The van der Waals surface area contributed by atoms with Gasteiger partial charge < -0.3 is 19.9 Å². The molecule has 4 rings (SSSR count). The molecule has 3 aromatic rings. The predicted octanol–water partition coefficient (Wildman–Crippen LogP) is 3.77. The molecular formula is C25H28FN5O5. The van der Waals surface area contributed by atoms with Crippen molar-refractivity contribution >= 4 is 12.1 Å². The van der Waals surface area contributed by atoms with Crippen molar-refractivity contribution < 1.29 is 28.6 Å². The van der Waals surface area contributed by atoms with Crippen molar-refractivity contribution in [2.45, 2.75) is 51.9 Å². The number of halogens is 1. The summed E-state index contributed by atoms with van der Waals surface area (Å²) in [6.07, 6.45) is 1.94. The molecule has 190 valence electrons. The number of aliphatic carboxylic acids is 1. The summed E-state index contributed by atoms with van der Waals surface area (Å²) in [6, 6.07) is 9.39. The molecular weight excluding hydrogens is 469 g/mol. The smallest absolute Gasteiger partial charge is 0.407 e. The van der Waals surface area contributed by atoms with Crippen molar-refractivity contribution in [2.75, 3.05) is 0 Å². The Labute approximate surface area is 207 Å². The molecule has 0 unspecified atom stereocenters. The number of nitrogens with zero attached hydrogens (tertiary/aromatic N) is 4. The Morgan fingerprint density at radius 2 is 2.08 bits per heavy atom. The second-order valence-electron chi connectivity index (χ2n) is 8.79. The van der Waals surface area contributed by atoms with Crippen LogP contribution >= 0.6 is 0 Å². The monoisotopic (exact) mass is 497 g/mol. The van der Waals surface area contributed by atoms with Crippen LogP contribution in [0.15, 0.2) is 36.4 Å². The van der Waals surface area contributed by atoms with Gasteiger partial charge in [0.2, 0.25) is 0 Å². The van der Waals surface area contributed by atoms with Crippen LogP contribution < -0.4 is 10.1 Å². The number of hydrogen-bond acceptors (Lipinski definition) is 7. The lowest BCUT2D eigenvalue weighted by atomic mass is 9.87. The number of rotatable bonds is 8. The van der Waals surface area contributed by atoms with E-state index in [-0.39, 0.29) is 25.2 Å². The van der Waals surface area contributed by atoms with Crippen LogP contribution in [-0.2, 0) is 29.7 Å². The first kappa shape index (κ1) is 25.1. The number of carboxylic acids is 1. The van der Waals surface area contributed by atoms with Gasteiger partial charge in [-0.25, -0.2) is 18.9 Å². The van der Waals surface area contributed by atoms with Crippen LogP contribution in [0.25, 0.3) is 11.4 Å². The highest BCUT2D eigenvalue weighted by atomic mass is 19.1. The van der Waals surface area contributed by atoms with Crippen LogP contribution in [0.1, 0.15) is 42.6 Å². The Morgan fingerprint density at radius 3 is 2.83 bits per heavy atom. The van der Waals surface area contributed by atoms with E-state index in [2.05, 4.69) is 20.6 Å². The summed E-state index contributed by atoms with van der Waals surface area (Å²) in [7, 11) is 1.71. The molecule has 0 bridgehead atoms. The maximum absolute atomic E-state index is 13.3. The SMILES string of the molecule is Cc1nc(-c2nnn(C)c2CNC(=O)OCc2cccc(F)c2)ccc1O[C@H]1CCC[C@H](C(=O)O)C1. The number of nitrogens with one attached hydrogen (secondary N) is 1. The number of aryl methyl sites for hydroxylation is 2. The summed E-state index contributed by atoms with van der Waals surface area (Å²) >= 11 is 0. The third kappa shape index (κ3) is 6.15. The van der Waals surface area contributed by atoms with Gasteiger partial charge in [-0.1, -0.05) is 17.3 Å². The number of hydrogen-bond donors (Lipinski definition) is 2. The highest BCUT2D eigenvalue weighted by Crippen LogP contribution is 2.30. The highest BCUT2D eigenvalue weighted by Gasteiger charge is 2.28. The van der Waals surface area contributed by atoms with Gasteiger partial charge in [0.1, 0.15) is 23.9 Å². The molecule has 1 saturated carbocycles. The van der Waals surface area contributed by atoms with E-state index in [0.717, 1.165) is 12.8 Å². The Morgan fingerprint density at radius 1 is 1.25 bits per heavy atom. The first-order valence-electron chi connectivity index (χ1n) is 11.7. The van der Waals surface area contributed by atoms with Crippen LogP contribution in [0.5, 0.6) is 5.75 Å². The zero-order valence-corrected chi connectivity index (χ0v) is 20.1. The fourth-order valence-corrected chi connectivity index (χ4v) is 4.22. The molecule has 0 aliphatic heterocycles. The van der Waals surface area contributed by atoms with E-state index in [1.54, 1.807) is 31.3 Å². The van der Waals surface area contributed by atoms with E-state index in [9.17, 15) is 19.1 Å². The molecule has 1 aliphatic carbocycles. The van der Waals surface area contributed by atoms with Crippen molar-refractivity contribution in [1.29, 1.82) is 0 Å². The molecule has 2 aromatic heterocycles. The molecule has 0 saturated heterocycles. The molecule has 2 atom stereocenters. The maximum Gasteiger partial charge on any atom is 0.407 e. The zero-order valence-electron chi connectivity index (χ0n) is 20.1. The number of carboxylic acid groups (broad SMARTS) is 1. The van der Waals surface area contributed by atoms with Crippen molar-refractivity contribution in [3.63, 3.8) is 0 Å². The summed E-state index contributed by atoms with van der Waals surface area (Å²) < 4.78 is 26.1. The van der Waals surface area contributed by atoms with Gasteiger partial charge in [-0.15, -0.1) is 5.10 Å². The summed E-state index contributed by atoms with van der Waals surface area (Å²) in [4.78, 5) is 28.1. The van der Waals surface area contributed by atoms with Crippen molar-refractivity contribution in [3.8, 4) is 17.1 Å². The molecule has 0 spiro atoms. The summed E-state index contributed by atoms with van der Waals surface area (Å²) in [5, 5.41) is 20.2. The van der Waals surface area contributed by atoms with E-state index in [0.29, 0.717) is 46.9 Å². The molecule has 36 heavy (non-hydrogen) atoms. The number of carbonyl (C=O) groups excluding carboxylic acids is 1. The van der Waals surface area contributed by atoms with Crippen molar-refractivity contribution in [1.82, 2.24) is 25.3 Å². The lowest BCUT2D eigenvalue weighted by Crippen LogP contribution is -2.29. The number of amides is 1. The number of alkyl carbamates (subject to hydrolysis) is 1. The topological polar surface area (TPSA) is 128 Å². The largest absolute Gasteiger partial charge is 0.489 e. The van der Waals surface area contributed by atoms with Crippen LogP contribution in [0.3, 0.4) is 0 Å². The number of benzene rings is 1. The Bertz CT molecular complexity index is 1250. The quantitative estimate of drug-likeness (QED) is 0.481. The van der Waals surface area contributed by atoms with Gasteiger partial charge in [0.25, 0.3) is 0 Å². The molecule has 11 heteroatoms. The van der Waals surface area contributed by atoms with Crippen molar-refractivity contribution in [2.24, 2.45) is 13.0 Å². The minimum Gasteiger partial charge on any atom is -0.489 e. The standard InChI is InChI=1S/C25H28FN5O5/c1-15-22(36-19-8-4-6-17(12-19)24(32)33)10-9-20(28-15)23-21(31(2)30-29-23)13-27-25(34)35-14-16-5-3-7-18(26)11-16/h3,5,7,9-11,17,19H,4,6,8,12-14H2,1-2H3,(H,27,34)(H,32,33)/t17-,19-/m0/s1. The lowest BCUT2D eigenvalue weighted by Gasteiger charge is -2.27. The Balaban J connectivity index is 1.38. The van der Waals surface area contributed by atoms with Crippen LogP contribution in [-0.4, -0.2) is 43.3 Å². The molecule has 10 nitrogen and oxygen atoms in total. The van der Waals surface area contributed by atoms with E-state index in [1.807, 2.05) is 6.92 Å². The first-order chi connectivity index (χ1) is 17.3. The molecule has 0 radical (unpaired) electrons. The lowest BCUT2D eigenvalue weighted by molar-refractivity contribution is -0.143. The molecule has 1 aromatic carbocycles. The minimum atomic E-state index is -0.782. The summed E-state index contributed by atoms with van der Waals surface area (Å²) in [6.45, 7) is 1.85. The highest BCUT2D eigenvalue weighted by molar-refractivity contribution is 5.70. The summed E-state index contributed by atoms with van der Waals surface area (Å²) in [5.74, 6) is -0.967. The van der Waals surface area contributed by atoms with E-state index in [1.165, 1.54) is 16.8 Å². The number of pyridine rings is 1. The predicted molar refractivity (Wildman–Crippen MR) is 126 cm³/mol. The van der Waals surface area contributed by atoms with Crippen LogP contribution in [0.2, 0.25) is 0 Å². The molecule has 1 fully saturated rings. The molecule has 1 aliphatic rings. The van der Waals surface area contributed by atoms with E-state index in [4.69, 9.17) is 9.47 Å². The maximum atomic E-state index is 13.3. The van der Waals surface area contributed by atoms with Crippen LogP contribution in [0, 0.1) is 18.7 Å². The Kier molecular flexibility index (Phi) is 7.77. The first-order valence-corrected chi connectivity index (χ1v) is 11.7. The third-order valence-electron chi connectivity index (χ3n) is 6.15. The molecule has 2 heterocycles. The number of ether oxygens (including phenoxy) is 2. The fourth-order valence-electron chi connectivity index (χ4n) is 4.22. The minimum absolute atomic E-state index is 0.0590. The van der Waals surface area contributed by atoms with Gasteiger partial charge in [-0.3, -0.25) is 4.79 Å². The van der Waals surface area contributed by atoms with E-state index >= 15 is 0 Å². The fraction of sp³-hybridized carbons (Fsp3) is 0.400. The second-order valence-corrected chi connectivity index (χ2v) is 8.79. The van der Waals surface area contributed by atoms with Gasteiger partial charge in [-0.05, 0) is 62.4 Å². The molecule has 2 N–H and O–H groups in total. The number of aromatic nitrogens is 4. The second kappa shape index (κ2) is 11.1. The number of carbonyl (C=O) groups is 2.